The Morgan fingerprint density at radius 2 is 1.71 bits per heavy atom. The Bertz CT molecular complexity index is 1760. The summed E-state index contributed by atoms with van der Waals surface area (Å²) in [6.07, 6.45) is 0.636. The van der Waals surface area contributed by atoms with Gasteiger partial charge in [-0.3, -0.25) is 33.6 Å². The van der Waals surface area contributed by atoms with Crippen molar-refractivity contribution in [3.8, 4) is 0 Å². The topological polar surface area (TPSA) is 259 Å². The highest BCUT2D eigenvalue weighted by atomic mass is 79.9. The Morgan fingerprint density at radius 3 is 2.40 bits per heavy atom. The summed E-state index contributed by atoms with van der Waals surface area (Å²) in [6.45, 7) is -1.76. The lowest BCUT2D eigenvalue weighted by atomic mass is 10.0. The Morgan fingerprint density at radius 1 is 1.02 bits per heavy atom. The van der Waals surface area contributed by atoms with E-state index < -0.39 is 91.6 Å². The fourth-order valence-electron chi connectivity index (χ4n) is 4.89. The number of primary amides is 1. The van der Waals surface area contributed by atoms with Crippen LogP contribution in [0.25, 0.3) is 10.9 Å². The van der Waals surface area contributed by atoms with E-state index in [9.17, 15) is 38.7 Å². The molecule has 3 aromatic rings. The molecule has 1 aromatic carbocycles. The number of aromatic amines is 1. The quantitative estimate of drug-likeness (QED) is 0.122. The van der Waals surface area contributed by atoms with Gasteiger partial charge < -0.3 is 52.3 Å². The number of nitrogens with zero attached hydrogens (tertiary/aromatic N) is 1. The van der Waals surface area contributed by atoms with Gasteiger partial charge in [0.05, 0.1) is 24.5 Å². The number of rotatable bonds is 8. The van der Waals surface area contributed by atoms with Gasteiger partial charge in [-0.15, -0.1) is 0 Å². The SMILES string of the molecule is Cn1cc(Cl)cc1C(=O)NCC(=O)NC1CNC(=O)[C@H](Cc2c[nH]c3ccc(Br)cc23)NC(=O)[C@@H](O)CNC(=O)[C@H](CC(N)=O)NC1=O. The first-order chi connectivity index (χ1) is 22.7. The van der Waals surface area contributed by atoms with Gasteiger partial charge in [-0.25, -0.2) is 0 Å². The molecule has 1 aliphatic heterocycles. The lowest BCUT2D eigenvalue weighted by Crippen LogP contribution is -2.61. The molecule has 7 amide bonds. The first-order valence-corrected chi connectivity index (χ1v) is 15.7. The van der Waals surface area contributed by atoms with Crippen LogP contribution in [0.15, 0.2) is 41.1 Å². The highest BCUT2D eigenvalue weighted by Crippen LogP contribution is 2.24. The molecule has 0 bridgehead atoms. The zero-order valence-electron chi connectivity index (χ0n) is 25.4. The molecule has 19 heteroatoms. The fraction of sp³-hybridized carbons (Fsp3) is 0.345. The maximum atomic E-state index is 13.5. The number of amides is 7. The van der Waals surface area contributed by atoms with E-state index in [2.05, 4.69) is 52.8 Å². The van der Waals surface area contributed by atoms with Gasteiger partial charge in [-0.2, -0.15) is 0 Å². The second-order valence-electron chi connectivity index (χ2n) is 11.0. The molecule has 17 nitrogen and oxygen atoms in total. The minimum Gasteiger partial charge on any atom is -0.381 e. The molecule has 4 atom stereocenters. The first kappa shape index (κ1) is 35.9. The fourth-order valence-corrected chi connectivity index (χ4v) is 5.50. The van der Waals surface area contributed by atoms with Gasteiger partial charge in [-0.05, 0) is 29.8 Å². The number of halogens is 2. The molecule has 1 unspecified atom stereocenters. The van der Waals surface area contributed by atoms with Gasteiger partial charge in [0.15, 0.2) is 0 Å². The van der Waals surface area contributed by atoms with Crippen LogP contribution in [-0.4, -0.2) is 99.9 Å². The molecule has 10 N–H and O–H groups in total. The van der Waals surface area contributed by atoms with Crippen molar-refractivity contribution in [2.45, 2.75) is 37.1 Å². The van der Waals surface area contributed by atoms with Crippen molar-refractivity contribution in [3.63, 3.8) is 0 Å². The monoisotopic (exact) mass is 749 g/mol. The number of aliphatic hydroxyl groups is 1. The van der Waals surface area contributed by atoms with Crippen LogP contribution in [0.4, 0.5) is 0 Å². The molecule has 0 spiro atoms. The first-order valence-electron chi connectivity index (χ1n) is 14.5. The van der Waals surface area contributed by atoms with E-state index >= 15 is 0 Å². The van der Waals surface area contributed by atoms with Crippen molar-refractivity contribution in [2.24, 2.45) is 12.8 Å². The van der Waals surface area contributed by atoms with Gasteiger partial charge in [0.25, 0.3) is 11.8 Å². The molecule has 48 heavy (non-hydrogen) atoms. The Labute approximate surface area is 286 Å². The number of nitrogens with two attached hydrogens (primary N) is 1. The Balaban J connectivity index is 1.56. The Hall–Kier alpha value is -4.94. The Kier molecular flexibility index (Phi) is 11.8. The minimum absolute atomic E-state index is 0.0494. The number of H-pyrrole nitrogens is 1. The van der Waals surface area contributed by atoms with Crippen LogP contribution in [0.1, 0.15) is 22.5 Å². The summed E-state index contributed by atoms with van der Waals surface area (Å²) < 4.78 is 2.22. The van der Waals surface area contributed by atoms with Crippen LogP contribution in [0, 0.1) is 0 Å². The van der Waals surface area contributed by atoms with Crippen LogP contribution < -0.4 is 37.6 Å². The highest BCUT2D eigenvalue weighted by Gasteiger charge is 2.32. The van der Waals surface area contributed by atoms with E-state index in [1.807, 2.05) is 18.2 Å². The third-order valence-corrected chi connectivity index (χ3v) is 8.04. The number of carbonyl (C=O) groups is 7. The maximum Gasteiger partial charge on any atom is 0.268 e. The summed E-state index contributed by atoms with van der Waals surface area (Å²) in [5.41, 5.74) is 6.82. The number of benzene rings is 1. The maximum absolute atomic E-state index is 13.5. The normalized spacial score (nSPS) is 20.9. The molecule has 0 radical (unpaired) electrons. The summed E-state index contributed by atoms with van der Waals surface area (Å²) in [5, 5.41) is 25.9. The van der Waals surface area contributed by atoms with Gasteiger partial charge >= 0.3 is 0 Å². The molecule has 3 heterocycles. The van der Waals surface area contributed by atoms with E-state index in [1.165, 1.54) is 16.8 Å². The summed E-state index contributed by atoms with van der Waals surface area (Å²) in [5.74, 6) is -6.11. The third kappa shape index (κ3) is 9.33. The van der Waals surface area contributed by atoms with Gasteiger partial charge in [0.2, 0.25) is 29.5 Å². The molecule has 256 valence electrons. The number of hydrogen-bond donors (Lipinski definition) is 9. The third-order valence-electron chi connectivity index (χ3n) is 7.34. The average Bonchev–Trinajstić information content (AvgIpc) is 3.59. The largest absolute Gasteiger partial charge is 0.381 e. The van der Waals surface area contributed by atoms with Crippen molar-refractivity contribution >= 4 is 79.8 Å². The predicted molar refractivity (Wildman–Crippen MR) is 174 cm³/mol. The second-order valence-corrected chi connectivity index (χ2v) is 12.3. The van der Waals surface area contributed by atoms with E-state index in [0.29, 0.717) is 10.6 Å². The minimum atomic E-state index is -1.80. The van der Waals surface area contributed by atoms with Crippen molar-refractivity contribution in [2.75, 3.05) is 19.6 Å². The van der Waals surface area contributed by atoms with Crippen molar-refractivity contribution in [3.05, 3.63) is 57.4 Å². The summed E-state index contributed by atoms with van der Waals surface area (Å²) >= 11 is 9.33. The highest BCUT2D eigenvalue weighted by molar-refractivity contribution is 9.10. The van der Waals surface area contributed by atoms with Gasteiger partial charge in [0.1, 0.15) is 29.9 Å². The summed E-state index contributed by atoms with van der Waals surface area (Å²) in [4.78, 5) is 92.8. The number of aromatic nitrogens is 2. The number of nitrogens with one attached hydrogen (secondary N) is 7. The number of aliphatic hydroxyl groups excluding tert-OH is 1. The zero-order chi connectivity index (χ0) is 35.1. The molecule has 0 aliphatic carbocycles. The molecule has 1 aliphatic rings. The summed E-state index contributed by atoms with van der Waals surface area (Å²) in [7, 11) is 1.58. The zero-order valence-corrected chi connectivity index (χ0v) is 27.7. The van der Waals surface area contributed by atoms with E-state index in [1.54, 1.807) is 13.2 Å². The molecule has 1 fully saturated rings. The molecule has 4 rings (SSSR count). The predicted octanol–water partition coefficient (Wildman–Crippen LogP) is -2.17. The van der Waals surface area contributed by atoms with Crippen LogP contribution in [0.3, 0.4) is 0 Å². The van der Waals surface area contributed by atoms with Gasteiger partial charge in [-0.1, -0.05) is 27.5 Å². The van der Waals surface area contributed by atoms with E-state index in [0.717, 1.165) is 15.4 Å². The van der Waals surface area contributed by atoms with Crippen molar-refractivity contribution in [1.29, 1.82) is 0 Å². The van der Waals surface area contributed by atoms with Gasteiger partial charge in [0, 0.05) is 47.8 Å². The van der Waals surface area contributed by atoms with E-state index in [4.69, 9.17) is 17.3 Å². The van der Waals surface area contributed by atoms with E-state index in [-0.39, 0.29) is 12.1 Å². The van der Waals surface area contributed by atoms with Crippen molar-refractivity contribution < 1.29 is 38.7 Å². The van der Waals surface area contributed by atoms with Crippen LogP contribution >= 0.6 is 27.5 Å². The number of β-amino-alcohol motifs (C(OH)–C–C–N with tert-alkyl or cyclic N) is 1. The number of fused-ring (bicyclic) bond motifs is 1. The summed E-state index contributed by atoms with van der Waals surface area (Å²) in [6, 6.07) is 2.48. The number of aryl methyl sites for hydroxylation is 1. The lowest BCUT2D eigenvalue weighted by molar-refractivity contribution is -0.136. The molecule has 0 saturated carbocycles. The molecule has 1 saturated heterocycles. The van der Waals surface area contributed by atoms with Crippen LogP contribution in [0.2, 0.25) is 5.02 Å². The standard InChI is InChI=1S/C29H33BrClN9O8/c1-40-12-15(31)6-21(40)28(47)36-11-24(43)37-20-9-34-25(44)18(4-13-8-33-17-3-2-14(30)5-16(13)17)39-29(48)22(41)10-35-26(45)19(7-23(32)42)38-27(20)46/h2-3,5-6,8,12,18-20,22,33,41H,4,7,9-11H2,1H3,(H2,32,42)(H,34,44)(H,35,45)(H,36,47)(H,37,43)(H,38,46)(H,39,48)/t18-,19-,20?,22-/m0/s1. The molecular formula is C29H33BrClN9O8. The molecule has 2 aromatic heterocycles. The number of carbonyl (C=O) groups excluding carboxylic acids is 7. The van der Waals surface area contributed by atoms with Crippen LogP contribution in [-0.2, 0) is 42.2 Å². The smallest absolute Gasteiger partial charge is 0.268 e. The number of hydrogen-bond acceptors (Lipinski definition) is 8. The average molecular weight is 751 g/mol. The van der Waals surface area contributed by atoms with Crippen molar-refractivity contribution in [1.82, 2.24) is 41.5 Å². The molecular weight excluding hydrogens is 718 g/mol. The lowest BCUT2D eigenvalue weighted by Gasteiger charge is -2.26. The van der Waals surface area contributed by atoms with Crippen LogP contribution in [0.5, 0.6) is 0 Å². The second kappa shape index (κ2) is 15.8.